The van der Waals surface area contributed by atoms with E-state index in [1.807, 2.05) is 18.2 Å². The molecule has 1 atom stereocenters. The van der Waals surface area contributed by atoms with Crippen molar-refractivity contribution in [2.45, 2.75) is 19.4 Å². The van der Waals surface area contributed by atoms with E-state index >= 15 is 0 Å². The van der Waals surface area contributed by atoms with E-state index in [1.54, 1.807) is 21.3 Å². The van der Waals surface area contributed by atoms with Gasteiger partial charge >= 0.3 is 8.80 Å². The molecule has 0 aliphatic heterocycles. The van der Waals surface area contributed by atoms with Crippen LogP contribution >= 0.6 is 0 Å². The first-order valence-electron chi connectivity index (χ1n) is 6.54. The van der Waals surface area contributed by atoms with Gasteiger partial charge in [-0.15, -0.1) is 0 Å². The van der Waals surface area contributed by atoms with Crippen LogP contribution in [0.4, 0.5) is 0 Å². The van der Waals surface area contributed by atoms with Crippen LogP contribution in [0.25, 0.3) is 6.08 Å². The molecule has 0 aliphatic rings. The Hall–Kier alpha value is -0.943. The summed E-state index contributed by atoms with van der Waals surface area (Å²) in [4.78, 5) is 0. The van der Waals surface area contributed by atoms with E-state index in [4.69, 9.17) is 13.3 Å². The average Bonchev–Trinajstić information content (AvgIpc) is 2.48. The normalized spacial score (nSPS) is 13.9. The average molecular weight is 280 g/mol. The lowest BCUT2D eigenvalue weighted by Gasteiger charge is -2.25. The summed E-state index contributed by atoms with van der Waals surface area (Å²) >= 11 is 0. The van der Waals surface area contributed by atoms with Crippen molar-refractivity contribution in [1.82, 2.24) is 0 Å². The Morgan fingerprint density at radius 3 is 2.16 bits per heavy atom. The maximum atomic E-state index is 5.42. The smallest absolute Gasteiger partial charge is 0.377 e. The van der Waals surface area contributed by atoms with Gasteiger partial charge in [0, 0.05) is 27.4 Å². The third kappa shape index (κ3) is 5.28. The van der Waals surface area contributed by atoms with Crippen LogP contribution < -0.4 is 0 Å². The fourth-order valence-corrected chi connectivity index (χ4v) is 3.82. The van der Waals surface area contributed by atoms with Crippen LogP contribution in [0.3, 0.4) is 0 Å². The van der Waals surface area contributed by atoms with E-state index < -0.39 is 8.80 Å². The van der Waals surface area contributed by atoms with Crippen molar-refractivity contribution in [2.24, 2.45) is 5.92 Å². The Morgan fingerprint density at radius 2 is 1.63 bits per heavy atom. The monoisotopic (exact) mass is 280 g/mol. The van der Waals surface area contributed by atoms with Crippen LogP contribution in [0, 0.1) is 5.92 Å². The first kappa shape index (κ1) is 16.1. The van der Waals surface area contributed by atoms with E-state index in [0.717, 1.165) is 12.5 Å². The van der Waals surface area contributed by atoms with E-state index in [1.165, 1.54) is 5.56 Å². The highest BCUT2D eigenvalue weighted by Gasteiger charge is 2.37. The van der Waals surface area contributed by atoms with Crippen molar-refractivity contribution in [3.8, 4) is 0 Å². The van der Waals surface area contributed by atoms with Gasteiger partial charge in [0.05, 0.1) is 0 Å². The summed E-state index contributed by atoms with van der Waals surface area (Å²) in [5, 5.41) is 0. The highest BCUT2D eigenvalue weighted by Crippen LogP contribution is 2.20. The molecular weight excluding hydrogens is 256 g/mol. The lowest BCUT2D eigenvalue weighted by Crippen LogP contribution is -2.42. The quantitative estimate of drug-likeness (QED) is 0.681. The largest absolute Gasteiger partial charge is 0.500 e. The van der Waals surface area contributed by atoms with Crippen LogP contribution in [0.1, 0.15) is 18.9 Å². The van der Waals surface area contributed by atoms with E-state index in [-0.39, 0.29) is 0 Å². The van der Waals surface area contributed by atoms with E-state index in [0.29, 0.717) is 5.92 Å². The van der Waals surface area contributed by atoms with Gasteiger partial charge in [-0.25, -0.2) is 0 Å². The molecule has 1 aromatic rings. The molecule has 0 saturated carbocycles. The maximum absolute atomic E-state index is 5.42. The second-order valence-corrected chi connectivity index (χ2v) is 7.67. The summed E-state index contributed by atoms with van der Waals surface area (Å²) in [6.45, 7) is 2.19. The molecule has 4 heteroatoms. The van der Waals surface area contributed by atoms with Crippen LogP contribution in [-0.2, 0) is 13.3 Å². The van der Waals surface area contributed by atoms with Crippen LogP contribution in [0.15, 0.2) is 36.4 Å². The van der Waals surface area contributed by atoms with Crippen molar-refractivity contribution < 1.29 is 13.3 Å². The molecule has 0 saturated heterocycles. The minimum atomic E-state index is -2.42. The van der Waals surface area contributed by atoms with Gasteiger partial charge in [-0.2, -0.15) is 0 Å². The Balaban J connectivity index is 2.47. The maximum Gasteiger partial charge on any atom is 0.500 e. The fourth-order valence-electron chi connectivity index (χ4n) is 1.90. The first-order valence-corrected chi connectivity index (χ1v) is 8.47. The van der Waals surface area contributed by atoms with E-state index in [2.05, 4.69) is 31.2 Å². The molecule has 0 aliphatic carbocycles. The highest BCUT2D eigenvalue weighted by molar-refractivity contribution is 6.60. The molecular formula is C15H24O3Si. The van der Waals surface area contributed by atoms with E-state index in [9.17, 15) is 0 Å². The van der Waals surface area contributed by atoms with Gasteiger partial charge in [0.1, 0.15) is 0 Å². The Bertz CT molecular complexity index is 366. The van der Waals surface area contributed by atoms with Gasteiger partial charge < -0.3 is 13.3 Å². The molecule has 1 unspecified atom stereocenters. The molecule has 1 aromatic carbocycles. The molecule has 19 heavy (non-hydrogen) atoms. The Morgan fingerprint density at radius 1 is 1.05 bits per heavy atom. The van der Waals surface area contributed by atoms with Gasteiger partial charge in [0.15, 0.2) is 0 Å². The van der Waals surface area contributed by atoms with Gasteiger partial charge in [0.2, 0.25) is 0 Å². The number of allylic oxidation sites excluding steroid dienone is 1. The van der Waals surface area contributed by atoms with Crippen molar-refractivity contribution in [2.75, 3.05) is 21.3 Å². The summed E-state index contributed by atoms with van der Waals surface area (Å²) in [5.41, 5.74) is 1.23. The standard InChI is InChI=1S/C15H24O3Si/c1-14(10-11-15-8-6-5-7-9-15)12-13-19(16-2,17-3)18-4/h5-11,14H,12-13H2,1-4H3/b11-10+. The minimum absolute atomic E-state index is 0.465. The summed E-state index contributed by atoms with van der Waals surface area (Å²) in [7, 11) is 2.55. The molecule has 0 radical (unpaired) electrons. The zero-order valence-electron chi connectivity index (χ0n) is 12.3. The predicted molar refractivity (Wildman–Crippen MR) is 80.8 cm³/mol. The van der Waals surface area contributed by atoms with Gasteiger partial charge in [-0.1, -0.05) is 49.4 Å². The predicted octanol–water partition coefficient (Wildman–Crippen LogP) is 3.60. The number of benzene rings is 1. The molecule has 0 spiro atoms. The summed E-state index contributed by atoms with van der Waals surface area (Å²) in [6.07, 6.45) is 5.36. The lowest BCUT2D eigenvalue weighted by molar-refractivity contribution is 0.122. The van der Waals surface area contributed by atoms with Crippen molar-refractivity contribution in [1.29, 1.82) is 0 Å². The number of rotatable bonds is 8. The Kier molecular flexibility index (Phi) is 7.01. The van der Waals surface area contributed by atoms with Crippen molar-refractivity contribution in [3.63, 3.8) is 0 Å². The fraction of sp³-hybridized carbons (Fsp3) is 0.467. The molecule has 0 aromatic heterocycles. The molecule has 0 amide bonds. The van der Waals surface area contributed by atoms with Gasteiger partial charge in [-0.3, -0.25) is 0 Å². The number of hydrogen-bond acceptors (Lipinski definition) is 3. The first-order chi connectivity index (χ1) is 9.15. The minimum Gasteiger partial charge on any atom is -0.377 e. The molecule has 0 N–H and O–H groups in total. The Labute approximate surface area is 117 Å². The molecule has 106 valence electrons. The molecule has 0 fully saturated rings. The van der Waals surface area contributed by atoms with Crippen LogP contribution in [0.5, 0.6) is 0 Å². The molecule has 0 bridgehead atoms. The number of hydrogen-bond donors (Lipinski definition) is 0. The van der Waals surface area contributed by atoms with Crippen molar-refractivity contribution in [3.05, 3.63) is 42.0 Å². The van der Waals surface area contributed by atoms with Crippen molar-refractivity contribution >= 4 is 14.9 Å². The summed E-state index contributed by atoms with van der Waals surface area (Å²) < 4.78 is 16.3. The topological polar surface area (TPSA) is 27.7 Å². The SMILES string of the molecule is CO[Si](CCC(C)/C=C/c1ccccc1)(OC)OC. The second-order valence-electron chi connectivity index (χ2n) is 4.58. The van der Waals surface area contributed by atoms with Gasteiger partial charge in [0.25, 0.3) is 0 Å². The highest BCUT2D eigenvalue weighted by atomic mass is 28.4. The zero-order chi connectivity index (χ0) is 14.1. The van der Waals surface area contributed by atoms with Crippen LogP contribution in [-0.4, -0.2) is 30.1 Å². The lowest BCUT2D eigenvalue weighted by atomic mass is 10.1. The third-order valence-electron chi connectivity index (χ3n) is 3.26. The third-order valence-corrected chi connectivity index (χ3v) is 6.02. The summed E-state index contributed by atoms with van der Waals surface area (Å²) in [5.74, 6) is 0.465. The van der Waals surface area contributed by atoms with Gasteiger partial charge in [-0.05, 0) is 17.9 Å². The second kappa shape index (κ2) is 8.27. The van der Waals surface area contributed by atoms with Crippen LogP contribution in [0.2, 0.25) is 6.04 Å². The molecule has 3 nitrogen and oxygen atoms in total. The molecule has 1 rings (SSSR count). The summed E-state index contributed by atoms with van der Waals surface area (Å²) in [6, 6.07) is 11.1. The zero-order valence-corrected chi connectivity index (χ0v) is 13.3. The molecule has 0 heterocycles.